The summed E-state index contributed by atoms with van der Waals surface area (Å²) in [6.07, 6.45) is 5.17. The Morgan fingerprint density at radius 2 is 2.00 bits per heavy atom. The zero-order valence-corrected chi connectivity index (χ0v) is 19.6. The normalized spacial score (nSPS) is 26.1. The Morgan fingerprint density at radius 3 is 2.69 bits per heavy atom. The summed E-state index contributed by atoms with van der Waals surface area (Å²) in [4.78, 5) is 26.2. The van der Waals surface area contributed by atoms with Gasteiger partial charge in [0.1, 0.15) is 17.0 Å². The zero-order chi connectivity index (χ0) is 23.3. The number of hydrogen-bond acceptors (Lipinski definition) is 9. The van der Waals surface area contributed by atoms with Crippen molar-refractivity contribution in [1.29, 1.82) is 0 Å². The van der Waals surface area contributed by atoms with Gasteiger partial charge < -0.3 is 24.4 Å². The number of nitrogens with zero attached hydrogens (tertiary/aromatic N) is 4. The predicted octanol–water partition coefficient (Wildman–Crippen LogP) is 1.42. The molecule has 2 saturated heterocycles. The molecular formula is C21H30N4O6S. The van der Waals surface area contributed by atoms with E-state index in [0.29, 0.717) is 37.9 Å². The number of morpholine rings is 1. The third kappa shape index (κ3) is 3.71. The number of likely N-dealkylation sites (tertiary alicyclic amines) is 1. The average molecular weight is 467 g/mol. The Kier molecular flexibility index (Phi) is 5.83. The van der Waals surface area contributed by atoms with Crippen LogP contribution in [0.25, 0.3) is 0 Å². The van der Waals surface area contributed by atoms with E-state index in [4.69, 9.17) is 9.47 Å². The number of rotatable bonds is 4. The first-order chi connectivity index (χ1) is 15.1. The van der Waals surface area contributed by atoms with Crippen LogP contribution in [0, 0.1) is 0 Å². The monoisotopic (exact) mass is 466 g/mol. The highest BCUT2D eigenvalue weighted by Gasteiger charge is 2.44. The summed E-state index contributed by atoms with van der Waals surface area (Å²) in [5.41, 5.74) is 0.180. The molecule has 2 fully saturated rings. The Hall–Kier alpha value is -2.40. The van der Waals surface area contributed by atoms with Gasteiger partial charge in [-0.15, -0.1) is 0 Å². The number of aliphatic hydroxyl groups excluding tert-OH is 1. The van der Waals surface area contributed by atoms with Crippen molar-refractivity contribution in [3.05, 3.63) is 23.9 Å². The van der Waals surface area contributed by atoms with Crippen molar-refractivity contribution in [2.24, 2.45) is 0 Å². The van der Waals surface area contributed by atoms with Gasteiger partial charge in [-0.05, 0) is 39.7 Å². The number of carbonyl (C=O) groups is 1. The largest absolute Gasteiger partial charge is 0.516 e. The molecule has 3 atom stereocenters. The van der Waals surface area contributed by atoms with Gasteiger partial charge in [-0.2, -0.15) is 0 Å². The molecule has 0 radical (unpaired) electrons. The van der Waals surface area contributed by atoms with Crippen LogP contribution < -0.4 is 9.64 Å². The minimum Gasteiger partial charge on any atom is -0.516 e. The van der Waals surface area contributed by atoms with Gasteiger partial charge in [-0.1, -0.05) is 0 Å². The summed E-state index contributed by atoms with van der Waals surface area (Å²) >= 11 is 0. The van der Waals surface area contributed by atoms with E-state index in [1.807, 2.05) is 6.92 Å². The van der Waals surface area contributed by atoms with Crippen LogP contribution >= 0.6 is 0 Å². The molecule has 176 valence electrons. The summed E-state index contributed by atoms with van der Waals surface area (Å²) in [5.74, 6) is 0.254. The van der Waals surface area contributed by atoms with Crippen molar-refractivity contribution >= 4 is 21.6 Å². The van der Waals surface area contributed by atoms with Gasteiger partial charge in [0.05, 0.1) is 37.6 Å². The summed E-state index contributed by atoms with van der Waals surface area (Å²) in [6.45, 7) is 6.88. The molecule has 1 aromatic rings. The Balaban J connectivity index is 1.88. The number of anilines is 1. The molecule has 11 heteroatoms. The fourth-order valence-electron chi connectivity index (χ4n) is 4.48. The Labute approximate surface area is 188 Å². The number of carbonyl (C=O) groups excluding carboxylic acids is 1. The van der Waals surface area contributed by atoms with Gasteiger partial charge in [0.15, 0.2) is 21.4 Å². The lowest BCUT2D eigenvalue weighted by molar-refractivity contribution is 0.0480. The van der Waals surface area contributed by atoms with E-state index in [-0.39, 0.29) is 29.6 Å². The maximum Gasteiger partial charge on any atom is 0.292 e. The third-order valence-electron chi connectivity index (χ3n) is 6.61. The van der Waals surface area contributed by atoms with Crippen LogP contribution in [0.5, 0.6) is 5.75 Å². The van der Waals surface area contributed by atoms with Crippen LogP contribution in [-0.4, -0.2) is 85.0 Å². The molecule has 0 aliphatic carbocycles. The molecule has 0 saturated carbocycles. The molecule has 10 nitrogen and oxygen atoms in total. The van der Waals surface area contributed by atoms with E-state index in [1.165, 1.54) is 0 Å². The number of sulfone groups is 1. The average Bonchev–Trinajstić information content (AvgIpc) is 3.20. The Bertz CT molecular complexity index is 1040. The summed E-state index contributed by atoms with van der Waals surface area (Å²) in [5, 5.41) is 9.20. The third-order valence-corrected chi connectivity index (χ3v) is 8.65. The van der Waals surface area contributed by atoms with Crippen molar-refractivity contribution in [1.82, 2.24) is 14.9 Å². The molecule has 0 bridgehead atoms. The molecule has 0 spiro atoms. The molecule has 4 heterocycles. The van der Waals surface area contributed by atoms with E-state index in [2.05, 4.69) is 14.9 Å². The van der Waals surface area contributed by atoms with Crippen LogP contribution in [-0.2, 0) is 19.3 Å². The smallest absolute Gasteiger partial charge is 0.292 e. The van der Waals surface area contributed by atoms with Crippen molar-refractivity contribution < 1.29 is 27.8 Å². The lowest BCUT2D eigenvalue weighted by Crippen LogP contribution is -2.56. The second-order valence-corrected chi connectivity index (χ2v) is 11.7. The van der Waals surface area contributed by atoms with E-state index in [9.17, 15) is 18.3 Å². The lowest BCUT2D eigenvalue weighted by atomic mass is 10.0. The Morgan fingerprint density at radius 1 is 1.25 bits per heavy atom. The van der Waals surface area contributed by atoms with Crippen LogP contribution in [0.2, 0.25) is 0 Å². The molecule has 1 amide bonds. The molecule has 0 aromatic carbocycles. The van der Waals surface area contributed by atoms with Crippen molar-refractivity contribution in [3.63, 3.8) is 0 Å². The zero-order valence-electron chi connectivity index (χ0n) is 18.8. The molecule has 1 aromatic heterocycles. The van der Waals surface area contributed by atoms with Crippen LogP contribution in [0.1, 0.15) is 49.9 Å². The summed E-state index contributed by atoms with van der Waals surface area (Å²) in [6, 6.07) is -0.375. The number of hydrogen-bond donors (Lipinski definition) is 1. The second kappa shape index (κ2) is 8.18. The molecule has 3 aliphatic rings. The van der Waals surface area contributed by atoms with Gasteiger partial charge in [0.2, 0.25) is 5.82 Å². The van der Waals surface area contributed by atoms with Gasteiger partial charge in [-0.3, -0.25) is 4.79 Å². The second-order valence-electron chi connectivity index (χ2n) is 9.14. The van der Waals surface area contributed by atoms with Crippen LogP contribution in [0.3, 0.4) is 0 Å². The fraction of sp³-hybridized carbons (Fsp3) is 0.667. The highest BCUT2D eigenvalue weighted by Crippen LogP contribution is 2.43. The minimum atomic E-state index is -3.60. The van der Waals surface area contributed by atoms with Crippen molar-refractivity contribution in [2.45, 2.75) is 56.5 Å². The topological polar surface area (TPSA) is 122 Å². The number of aliphatic hydroxyl groups is 1. The first kappa shape index (κ1) is 22.8. The SMILES string of the molecule is C[C@@H]1COC[C@H]2COc3c(nc(C(=O)N4CCCC4/C=C/O)nc3C(C)(C)S(C)(=O)=O)N21. The maximum absolute atomic E-state index is 13.4. The number of amides is 1. The number of fused-ring (bicyclic) bond motifs is 3. The minimum absolute atomic E-state index is 0.0275. The first-order valence-electron chi connectivity index (χ1n) is 10.8. The standard InChI is InChI=1S/C21H30N4O6S/c1-13-10-30-11-15-12-31-16-17(21(2,3)32(4,28)29)22-18(23-19(16)25(13)15)20(27)24-8-5-6-14(24)7-9-26/h7,9,13-15,26H,5-6,8,10-12H2,1-4H3/b9-7+/t13-,14?,15+/m1/s1. The van der Waals surface area contributed by atoms with Crippen molar-refractivity contribution in [2.75, 3.05) is 37.5 Å². The molecule has 1 unspecified atom stereocenters. The fourth-order valence-corrected chi connectivity index (χ4v) is 4.97. The van der Waals surface area contributed by atoms with Crippen molar-refractivity contribution in [3.8, 4) is 5.75 Å². The molecule has 1 N–H and O–H groups in total. The number of ether oxygens (including phenoxy) is 2. The van der Waals surface area contributed by atoms with Gasteiger partial charge >= 0.3 is 0 Å². The molecule has 32 heavy (non-hydrogen) atoms. The van der Waals surface area contributed by atoms with E-state index in [1.54, 1.807) is 24.8 Å². The van der Waals surface area contributed by atoms with Gasteiger partial charge in [0.25, 0.3) is 5.91 Å². The first-order valence-corrected chi connectivity index (χ1v) is 12.7. The van der Waals surface area contributed by atoms with E-state index in [0.717, 1.165) is 25.4 Å². The summed E-state index contributed by atoms with van der Waals surface area (Å²) in [7, 11) is -3.60. The van der Waals surface area contributed by atoms with Gasteiger partial charge in [0, 0.05) is 12.8 Å². The molecular weight excluding hydrogens is 436 g/mol. The van der Waals surface area contributed by atoms with E-state index < -0.39 is 20.5 Å². The molecule has 3 aliphatic heterocycles. The van der Waals surface area contributed by atoms with E-state index >= 15 is 0 Å². The summed E-state index contributed by atoms with van der Waals surface area (Å²) < 4.78 is 35.6. The molecule has 4 rings (SSSR count). The number of aromatic nitrogens is 2. The van der Waals surface area contributed by atoms with Gasteiger partial charge in [-0.25, -0.2) is 18.4 Å². The highest BCUT2D eigenvalue weighted by molar-refractivity contribution is 7.91. The predicted molar refractivity (Wildman–Crippen MR) is 118 cm³/mol. The quantitative estimate of drug-likeness (QED) is 0.656. The lowest BCUT2D eigenvalue weighted by Gasteiger charge is -2.45. The highest BCUT2D eigenvalue weighted by atomic mass is 32.2. The maximum atomic E-state index is 13.4. The van der Waals surface area contributed by atoms with Crippen LogP contribution in [0.15, 0.2) is 12.3 Å². The van der Waals surface area contributed by atoms with Crippen LogP contribution in [0.4, 0.5) is 5.82 Å².